The molecule has 0 aromatic heterocycles. The van der Waals surface area contributed by atoms with Gasteiger partial charge in [-0.15, -0.1) is 0 Å². The van der Waals surface area contributed by atoms with Crippen LogP contribution in [-0.4, -0.2) is 6.61 Å². The number of anilines is 1. The Kier molecular flexibility index (Phi) is 5.03. The highest BCUT2D eigenvalue weighted by Gasteiger charge is 2.05. The van der Waals surface area contributed by atoms with E-state index in [1.165, 1.54) is 5.56 Å². The van der Waals surface area contributed by atoms with Gasteiger partial charge in [0.2, 0.25) is 0 Å². The third-order valence-corrected chi connectivity index (χ3v) is 3.38. The van der Waals surface area contributed by atoms with Crippen LogP contribution in [0, 0.1) is 11.3 Å². The van der Waals surface area contributed by atoms with Crippen LogP contribution >= 0.6 is 15.9 Å². The summed E-state index contributed by atoms with van der Waals surface area (Å²) in [6.07, 6.45) is 0. The molecule has 20 heavy (non-hydrogen) atoms. The van der Waals surface area contributed by atoms with Gasteiger partial charge in [0.15, 0.2) is 6.61 Å². The summed E-state index contributed by atoms with van der Waals surface area (Å²) in [5, 5.41) is 11.9. The Hall–Kier alpha value is -1.99. The molecule has 3 nitrogen and oxygen atoms in total. The van der Waals surface area contributed by atoms with Gasteiger partial charge in [-0.25, -0.2) is 0 Å². The van der Waals surface area contributed by atoms with Gasteiger partial charge in [0, 0.05) is 16.2 Å². The third kappa shape index (κ3) is 4.01. The van der Waals surface area contributed by atoms with Gasteiger partial charge in [-0.1, -0.05) is 28.1 Å². The molecule has 1 atom stereocenters. The third-order valence-electron chi connectivity index (χ3n) is 2.89. The fourth-order valence-electron chi connectivity index (χ4n) is 1.87. The molecule has 0 amide bonds. The Bertz CT molecular complexity index is 605. The minimum Gasteiger partial charge on any atom is -0.479 e. The van der Waals surface area contributed by atoms with E-state index >= 15 is 0 Å². The zero-order valence-corrected chi connectivity index (χ0v) is 12.7. The molecule has 0 aliphatic carbocycles. The maximum absolute atomic E-state index is 8.46. The van der Waals surface area contributed by atoms with E-state index in [4.69, 9.17) is 10.00 Å². The second-order valence-corrected chi connectivity index (χ2v) is 5.31. The smallest absolute Gasteiger partial charge is 0.174 e. The minimum absolute atomic E-state index is 0.0707. The molecule has 0 bridgehead atoms. The van der Waals surface area contributed by atoms with Crippen molar-refractivity contribution in [1.82, 2.24) is 0 Å². The quantitative estimate of drug-likeness (QED) is 0.876. The topological polar surface area (TPSA) is 45.0 Å². The van der Waals surface area contributed by atoms with Gasteiger partial charge in [-0.05, 0) is 48.9 Å². The Balaban J connectivity index is 2.01. The molecule has 2 rings (SSSR count). The van der Waals surface area contributed by atoms with Gasteiger partial charge in [0.05, 0.1) is 0 Å². The van der Waals surface area contributed by atoms with Crippen molar-refractivity contribution in [3.63, 3.8) is 0 Å². The molecule has 2 aromatic rings. The monoisotopic (exact) mass is 330 g/mol. The molecule has 2 aromatic carbocycles. The number of ether oxygens (including phenoxy) is 1. The average molecular weight is 331 g/mol. The minimum atomic E-state index is 0.0707. The van der Waals surface area contributed by atoms with Crippen molar-refractivity contribution in [2.45, 2.75) is 13.0 Å². The van der Waals surface area contributed by atoms with Gasteiger partial charge >= 0.3 is 0 Å². The number of nitrogens with one attached hydrogen (secondary N) is 1. The predicted molar refractivity (Wildman–Crippen MR) is 83.7 cm³/mol. The van der Waals surface area contributed by atoms with Crippen LogP contribution in [0.15, 0.2) is 53.0 Å². The molecule has 1 N–H and O–H groups in total. The molecule has 0 saturated carbocycles. The van der Waals surface area contributed by atoms with Crippen LogP contribution in [0.3, 0.4) is 0 Å². The van der Waals surface area contributed by atoms with Gasteiger partial charge in [-0.3, -0.25) is 0 Å². The lowest BCUT2D eigenvalue weighted by Crippen LogP contribution is -2.06. The van der Waals surface area contributed by atoms with E-state index in [1.54, 1.807) is 0 Å². The van der Waals surface area contributed by atoms with E-state index < -0.39 is 0 Å². The van der Waals surface area contributed by atoms with Crippen LogP contribution in [0.2, 0.25) is 0 Å². The van der Waals surface area contributed by atoms with Crippen molar-refractivity contribution in [1.29, 1.82) is 5.26 Å². The molecule has 0 aliphatic rings. The van der Waals surface area contributed by atoms with Crippen LogP contribution in [0.5, 0.6) is 5.75 Å². The van der Waals surface area contributed by atoms with Crippen molar-refractivity contribution >= 4 is 21.6 Å². The van der Waals surface area contributed by atoms with E-state index in [2.05, 4.69) is 40.3 Å². The molecular formula is C16H15BrN2O. The summed E-state index contributed by atoms with van der Waals surface area (Å²) < 4.78 is 6.29. The van der Waals surface area contributed by atoms with Gasteiger partial charge in [-0.2, -0.15) is 5.26 Å². The van der Waals surface area contributed by atoms with Crippen LogP contribution in [0.1, 0.15) is 18.5 Å². The SMILES string of the molecule is CC(Nc1ccc(OCC#N)cc1)c1cccc(Br)c1. The Morgan fingerprint density at radius 3 is 2.65 bits per heavy atom. The second kappa shape index (κ2) is 6.97. The zero-order chi connectivity index (χ0) is 14.4. The normalized spacial score (nSPS) is 11.4. The number of benzene rings is 2. The maximum atomic E-state index is 8.46. The summed E-state index contributed by atoms with van der Waals surface area (Å²) >= 11 is 3.48. The van der Waals surface area contributed by atoms with E-state index in [9.17, 15) is 0 Å². The fourth-order valence-corrected chi connectivity index (χ4v) is 2.29. The summed E-state index contributed by atoms with van der Waals surface area (Å²) in [7, 11) is 0. The summed E-state index contributed by atoms with van der Waals surface area (Å²) in [5.41, 5.74) is 2.23. The first kappa shape index (κ1) is 14.4. The Morgan fingerprint density at radius 2 is 2.00 bits per heavy atom. The molecule has 0 aliphatic heterocycles. The highest BCUT2D eigenvalue weighted by Crippen LogP contribution is 2.23. The van der Waals surface area contributed by atoms with E-state index in [0.29, 0.717) is 5.75 Å². The Labute approximate surface area is 127 Å². The van der Waals surface area contributed by atoms with Crippen LogP contribution in [0.4, 0.5) is 5.69 Å². The molecule has 0 saturated heterocycles. The highest BCUT2D eigenvalue weighted by molar-refractivity contribution is 9.10. The lowest BCUT2D eigenvalue weighted by Gasteiger charge is -2.16. The van der Waals surface area contributed by atoms with Gasteiger partial charge in [0.25, 0.3) is 0 Å². The fraction of sp³-hybridized carbons (Fsp3) is 0.188. The lowest BCUT2D eigenvalue weighted by atomic mass is 10.1. The van der Waals surface area contributed by atoms with E-state index in [1.807, 2.05) is 42.5 Å². The largest absolute Gasteiger partial charge is 0.479 e. The summed E-state index contributed by atoms with van der Waals surface area (Å²) in [5.74, 6) is 0.701. The number of halogens is 1. The van der Waals surface area contributed by atoms with Crippen molar-refractivity contribution in [3.05, 3.63) is 58.6 Å². The highest BCUT2D eigenvalue weighted by atomic mass is 79.9. The van der Waals surface area contributed by atoms with Crippen LogP contribution in [-0.2, 0) is 0 Å². The van der Waals surface area contributed by atoms with Crippen LogP contribution < -0.4 is 10.1 Å². The molecule has 0 spiro atoms. The number of hydrogen-bond acceptors (Lipinski definition) is 3. The molecule has 4 heteroatoms. The molecule has 1 unspecified atom stereocenters. The molecule has 0 heterocycles. The first-order valence-corrected chi connectivity index (χ1v) is 7.10. The summed E-state index contributed by atoms with van der Waals surface area (Å²) in [6, 6.07) is 18.0. The maximum Gasteiger partial charge on any atom is 0.174 e. The van der Waals surface area contributed by atoms with E-state index in [0.717, 1.165) is 10.2 Å². The zero-order valence-electron chi connectivity index (χ0n) is 11.1. The lowest BCUT2D eigenvalue weighted by molar-refractivity contribution is 0.368. The second-order valence-electron chi connectivity index (χ2n) is 4.39. The molecule has 102 valence electrons. The Morgan fingerprint density at radius 1 is 1.25 bits per heavy atom. The molecule has 0 radical (unpaired) electrons. The van der Waals surface area contributed by atoms with Crippen molar-refractivity contribution in [2.24, 2.45) is 0 Å². The van der Waals surface area contributed by atoms with Crippen LogP contribution in [0.25, 0.3) is 0 Å². The van der Waals surface area contributed by atoms with Crippen molar-refractivity contribution in [2.75, 3.05) is 11.9 Å². The first-order chi connectivity index (χ1) is 9.69. The number of nitrogens with zero attached hydrogens (tertiary/aromatic N) is 1. The predicted octanol–water partition coefficient (Wildman–Crippen LogP) is 4.52. The summed E-state index contributed by atoms with van der Waals surface area (Å²) in [4.78, 5) is 0. The molecule has 0 fully saturated rings. The first-order valence-electron chi connectivity index (χ1n) is 6.31. The van der Waals surface area contributed by atoms with Crippen molar-refractivity contribution in [3.8, 4) is 11.8 Å². The number of nitriles is 1. The summed E-state index contributed by atoms with van der Waals surface area (Å²) in [6.45, 7) is 2.18. The number of rotatable bonds is 5. The number of hydrogen-bond donors (Lipinski definition) is 1. The average Bonchev–Trinajstić information content (AvgIpc) is 2.46. The molecular weight excluding hydrogens is 316 g/mol. The van der Waals surface area contributed by atoms with Gasteiger partial charge < -0.3 is 10.1 Å². The standard InChI is InChI=1S/C16H15BrN2O/c1-12(13-3-2-4-14(17)11-13)19-15-5-7-16(8-6-15)20-10-9-18/h2-8,11-12,19H,10H2,1H3. The van der Waals surface area contributed by atoms with Gasteiger partial charge in [0.1, 0.15) is 11.8 Å². The van der Waals surface area contributed by atoms with Crippen molar-refractivity contribution < 1.29 is 4.74 Å². The van der Waals surface area contributed by atoms with E-state index in [-0.39, 0.29) is 12.6 Å².